The van der Waals surface area contributed by atoms with Crippen LogP contribution >= 0.6 is 0 Å². The van der Waals surface area contributed by atoms with Gasteiger partial charge >= 0.3 is 0 Å². The van der Waals surface area contributed by atoms with Gasteiger partial charge in [0.1, 0.15) is 5.69 Å². The molecule has 4 aromatic rings. The molecule has 0 fully saturated rings. The fourth-order valence-corrected chi connectivity index (χ4v) is 5.47. The summed E-state index contributed by atoms with van der Waals surface area (Å²) in [7, 11) is 0.826. The largest absolute Gasteiger partial charge is 0.203 e. The molecule has 0 saturated heterocycles. The highest BCUT2D eigenvalue weighted by atomic mass is 28.3. The van der Waals surface area contributed by atoms with E-state index >= 15 is 0 Å². The predicted octanol–water partition coefficient (Wildman–Crippen LogP) is 6.36. The first-order valence-electron chi connectivity index (χ1n) is 10.7. The molecule has 0 atom stereocenters. The van der Waals surface area contributed by atoms with E-state index < -0.39 is 8.07 Å². The Kier molecular flexibility index (Phi) is 5.48. The summed E-state index contributed by atoms with van der Waals surface area (Å²) in [6.07, 6.45) is 2.29. The Morgan fingerprint density at radius 3 is 1.93 bits per heavy atom. The van der Waals surface area contributed by atoms with E-state index in [0.29, 0.717) is 0 Å². The highest BCUT2D eigenvalue weighted by Gasteiger charge is 2.27. The molecule has 0 bridgehead atoms. The Morgan fingerprint density at radius 2 is 1.30 bits per heavy atom. The molecule has 0 aliphatic heterocycles. The molecule has 0 radical (unpaired) electrons. The second-order valence-electron chi connectivity index (χ2n) is 9.34. The molecule has 2 nitrogen and oxygen atoms in total. The predicted molar refractivity (Wildman–Crippen MR) is 130 cm³/mol. The molecule has 0 aliphatic carbocycles. The van der Waals surface area contributed by atoms with Gasteiger partial charge in [0, 0.05) is 0 Å². The first-order valence-corrected chi connectivity index (χ1v) is 14.4. The number of rotatable bonds is 5. The maximum absolute atomic E-state index is 2.45. The van der Waals surface area contributed by atoms with Gasteiger partial charge in [-0.25, -0.2) is 0 Å². The van der Waals surface area contributed by atoms with E-state index in [-0.39, 0.29) is 0 Å². The molecule has 0 amide bonds. The lowest BCUT2D eigenvalue weighted by molar-refractivity contribution is -0.744. The van der Waals surface area contributed by atoms with E-state index in [9.17, 15) is 0 Å². The molecule has 152 valence electrons. The molecular formula is C27H31N2Si+. The summed E-state index contributed by atoms with van der Waals surface area (Å²) in [5.41, 5.74) is 9.11. The number of para-hydroxylation sites is 1. The molecule has 0 saturated carbocycles. The Labute approximate surface area is 181 Å². The summed E-state index contributed by atoms with van der Waals surface area (Å²) >= 11 is 0. The van der Waals surface area contributed by atoms with Crippen molar-refractivity contribution >= 4 is 8.07 Å². The van der Waals surface area contributed by atoms with Crippen molar-refractivity contribution < 1.29 is 4.68 Å². The molecule has 0 N–H and O–H groups in total. The van der Waals surface area contributed by atoms with Crippen LogP contribution in [-0.4, -0.2) is 12.8 Å². The zero-order chi connectivity index (χ0) is 21.3. The zero-order valence-corrected chi connectivity index (χ0v) is 19.7. The van der Waals surface area contributed by atoms with Crippen LogP contribution in [0.15, 0.2) is 85.1 Å². The highest BCUT2D eigenvalue weighted by molar-refractivity contribution is 6.75. The fraction of sp³-hybridized carbons (Fsp3) is 0.222. The van der Waals surface area contributed by atoms with Gasteiger partial charge < -0.3 is 0 Å². The van der Waals surface area contributed by atoms with Gasteiger partial charge in [-0.2, -0.15) is 0 Å². The van der Waals surface area contributed by atoms with Crippen LogP contribution in [0.3, 0.4) is 0 Å². The summed E-state index contributed by atoms with van der Waals surface area (Å²) < 4.78 is 4.66. The van der Waals surface area contributed by atoms with Crippen LogP contribution in [0.25, 0.3) is 27.9 Å². The van der Waals surface area contributed by atoms with Crippen LogP contribution in [0.1, 0.15) is 11.3 Å². The number of hydrogen-bond donors (Lipinski definition) is 0. The maximum atomic E-state index is 2.45. The van der Waals surface area contributed by atoms with Crippen molar-refractivity contribution in [2.75, 3.05) is 0 Å². The average Bonchev–Trinajstić information content (AvgIpc) is 3.03. The van der Waals surface area contributed by atoms with Crippen molar-refractivity contribution in [2.24, 2.45) is 7.05 Å². The van der Waals surface area contributed by atoms with E-state index in [0.717, 1.165) is 6.04 Å². The number of aromatic nitrogens is 2. The topological polar surface area (TPSA) is 8.81 Å². The normalized spacial score (nSPS) is 11.6. The highest BCUT2D eigenvalue weighted by Crippen LogP contribution is 2.30. The molecule has 3 heteroatoms. The molecular weight excluding hydrogens is 380 g/mol. The lowest BCUT2D eigenvalue weighted by atomic mass is 10.0. The van der Waals surface area contributed by atoms with Crippen LogP contribution in [-0.2, 0) is 13.1 Å². The van der Waals surface area contributed by atoms with E-state index in [2.05, 4.69) is 128 Å². The van der Waals surface area contributed by atoms with E-state index in [1.165, 1.54) is 39.2 Å². The first-order chi connectivity index (χ1) is 14.3. The second kappa shape index (κ2) is 8.08. The third kappa shape index (κ3) is 4.17. The molecule has 0 unspecified atom stereocenters. The molecule has 1 heterocycles. The molecule has 30 heavy (non-hydrogen) atoms. The van der Waals surface area contributed by atoms with E-state index in [4.69, 9.17) is 0 Å². The van der Waals surface area contributed by atoms with Crippen LogP contribution in [0.4, 0.5) is 0 Å². The minimum Gasteiger partial charge on any atom is -0.125 e. The Balaban J connectivity index is 1.84. The molecule has 4 rings (SSSR count). The van der Waals surface area contributed by atoms with Gasteiger partial charge in [-0.3, -0.25) is 0 Å². The number of benzene rings is 3. The van der Waals surface area contributed by atoms with Gasteiger partial charge in [0.15, 0.2) is 7.05 Å². The Morgan fingerprint density at radius 1 is 0.733 bits per heavy atom. The summed E-state index contributed by atoms with van der Waals surface area (Å²) in [5, 5.41) is 0. The van der Waals surface area contributed by atoms with Gasteiger partial charge in [-0.05, 0) is 41.3 Å². The number of nitrogens with zero attached hydrogens (tertiary/aromatic N) is 2. The molecule has 0 spiro atoms. The minimum atomic E-state index is -1.33. The summed E-state index contributed by atoms with van der Waals surface area (Å²) in [6, 6.07) is 29.4. The summed E-state index contributed by atoms with van der Waals surface area (Å²) in [4.78, 5) is 0. The number of aryl methyl sites for hydroxylation is 2. The van der Waals surface area contributed by atoms with Crippen molar-refractivity contribution in [3.05, 3.63) is 96.3 Å². The molecule has 3 aromatic carbocycles. The molecule has 0 aliphatic rings. The smallest absolute Gasteiger partial charge is 0.125 e. The van der Waals surface area contributed by atoms with Crippen molar-refractivity contribution in [2.45, 2.75) is 32.6 Å². The minimum absolute atomic E-state index is 1.14. The second-order valence-corrected chi connectivity index (χ2v) is 14.8. The average molecular weight is 412 g/mol. The van der Waals surface area contributed by atoms with Crippen LogP contribution < -0.4 is 4.68 Å². The van der Waals surface area contributed by atoms with Gasteiger partial charge in [0.25, 0.3) is 0 Å². The zero-order valence-electron chi connectivity index (χ0n) is 18.7. The maximum Gasteiger partial charge on any atom is 0.203 e. The SMILES string of the molecule is Cc1ccccc1-n1c(C[Si](C)(C)C)c(-c2ccc(-c3ccccc3)cc2)c[n+]1C. The van der Waals surface area contributed by atoms with Crippen molar-refractivity contribution in [3.8, 4) is 27.9 Å². The first kappa shape index (κ1) is 20.4. The standard InChI is InChI=1S/C27H31N2Si/c1-21-11-9-10-14-26(21)29-27(20-30(3,4)5)25(19-28(29)2)24-17-15-23(16-18-24)22-12-7-6-8-13-22/h6-19H,20H2,1-5H3/q+1. The number of hydrogen-bond acceptors (Lipinski definition) is 0. The van der Waals surface area contributed by atoms with Gasteiger partial charge in [-0.1, -0.05) is 92.4 Å². The summed E-state index contributed by atoms with van der Waals surface area (Å²) in [6.45, 7) is 9.54. The van der Waals surface area contributed by atoms with Crippen LogP contribution in [0.2, 0.25) is 19.6 Å². The third-order valence-electron chi connectivity index (χ3n) is 5.54. The Hall–Kier alpha value is -2.91. The van der Waals surface area contributed by atoms with E-state index in [1.54, 1.807) is 0 Å². The van der Waals surface area contributed by atoms with Crippen molar-refractivity contribution in [3.63, 3.8) is 0 Å². The van der Waals surface area contributed by atoms with Crippen molar-refractivity contribution in [1.29, 1.82) is 0 Å². The third-order valence-corrected chi connectivity index (χ3v) is 6.94. The van der Waals surface area contributed by atoms with E-state index in [1.807, 2.05) is 0 Å². The fourth-order valence-electron chi connectivity index (χ4n) is 4.13. The summed E-state index contributed by atoms with van der Waals surface area (Å²) in [5.74, 6) is 0. The Bertz CT molecular complexity index is 1150. The van der Waals surface area contributed by atoms with Gasteiger partial charge in [0.2, 0.25) is 6.20 Å². The quantitative estimate of drug-likeness (QED) is 0.267. The lowest BCUT2D eigenvalue weighted by Crippen LogP contribution is -2.39. The van der Waals surface area contributed by atoms with Gasteiger partial charge in [-0.15, -0.1) is 9.36 Å². The van der Waals surface area contributed by atoms with Gasteiger partial charge in [0.05, 0.1) is 19.3 Å². The van der Waals surface area contributed by atoms with Crippen LogP contribution in [0, 0.1) is 6.92 Å². The van der Waals surface area contributed by atoms with Crippen LogP contribution in [0.5, 0.6) is 0 Å². The molecule has 1 aromatic heterocycles. The monoisotopic (exact) mass is 411 g/mol. The van der Waals surface area contributed by atoms with Crippen molar-refractivity contribution in [1.82, 2.24) is 4.68 Å². The lowest BCUT2D eigenvalue weighted by Gasteiger charge is -2.18.